The summed E-state index contributed by atoms with van der Waals surface area (Å²) in [6.07, 6.45) is 1.02. The van der Waals surface area contributed by atoms with Gasteiger partial charge in [0.25, 0.3) is 0 Å². The van der Waals surface area contributed by atoms with Crippen LogP contribution in [0.4, 0.5) is 4.79 Å². The molecule has 0 spiro atoms. The van der Waals surface area contributed by atoms with Gasteiger partial charge in [0.15, 0.2) is 35.4 Å². The second-order valence-electron chi connectivity index (χ2n) is 11.0. The van der Waals surface area contributed by atoms with E-state index in [0.717, 1.165) is 0 Å². The van der Waals surface area contributed by atoms with Gasteiger partial charge < -0.3 is 38.5 Å². The molecular weight excluding hydrogens is 570 g/mol. The Bertz CT molecular complexity index is 1360. The molecule has 0 aliphatic carbocycles. The average Bonchev–Trinajstić information content (AvgIpc) is 3.13. The van der Waals surface area contributed by atoms with Crippen LogP contribution in [0.2, 0.25) is 0 Å². The molecule has 11 nitrogen and oxygen atoms in total. The van der Waals surface area contributed by atoms with Crippen LogP contribution in [-0.4, -0.2) is 64.5 Å². The number of hydrogen-bond acceptors (Lipinski definition) is 10. The predicted octanol–water partition coefficient (Wildman–Crippen LogP) is 5.99. The van der Waals surface area contributed by atoms with Crippen LogP contribution >= 0.6 is 0 Å². The normalized spacial score (nSPS) is 13.1. The summed E-state index contributed by atoms with van der Waals surface area (Å²) < 4.78 is 39.0. The molecule has 0 radical (unpaired) electrons. The van der Waals surface area contributed by atoms with E-state index in [1.54, 1.807) is 45.0 Å². The Morgan fingerprint density at radius 1 is 0.909 bits per heavy atom. The maximum absolute atomic E-state index is 13.4. The van der Waals surface area contributed by atoms with Gasteiger partial charge in [-0.05, 0) is 68.5 Å². The number of nitrogens with one attached hydrogen (secondary N) is 1. The van der Waals surface area contributed by atoms with E-state index < -0.39 is 23.7 Å². The maximum atomic E-state index is 13.4. The molecule has 2 aromatic rings. The minimum atomic E-state index is -0.984. The zero-order chi connectivity index (χ0) is 33.2. The van der Waals surface area contributed by atoms with Gasteiger partial charge in [-0.1, -0.05) is 33.8 Å². The fraction of sp³-hybridized carbons (Fsp3) is 0.485. The van der Waals surface area contributed by atoms with Gasteiger partial charge in [0.2, 0.25) is 11.5 Å². The Kier molecular flexibility index (Phi) is 12.9. The molecule has 0 saturated heterocycles. The number of ketones is 1. The van der Waals surface area contributed by atoms with Crippen molar-refractivity contribution in [2.24, 2.45) is 5.92 Å². The summed E-state index contributed by atoms with van der Waals surface area (Å²) >= 11 is 0. The molecule has 1 unspecified atom stereocenters. The van der Waals surface area contributed by atoms with Crippen LogP contribution in [0.25, 0.3) is 5.57 Å². The smallest absolute Gasteiger partial charge is 0.408 e. The minimum Gasteiger partial charge on any atom is -0.493 e. The van der Waals surface area contributed by atoms with E-state index in [4.69, 9.17) is 33.2 Å². The molecule has 3 rings (SSSR count). The van der Waals surface area contributed by atoms with Crippen LogP contribution in [0.3, 0.4) is 0 Å². The number of carbonyl (C=O) groups excluding carboxylic acids is 3. The molecule has 11 heteroatoms. The first-order chi connectivity index (χ1) is 20.8. The number of methoxy groups -OCH3 is 4. The molecule has 1 aliphatic rings. The van der Waals surface area contributed by atoms with Crippen molar-refractivity contribution < 1.29 is 47.5 Å². The quantitative estimate of drug-likeness (QED) is 0.252. The van der Waals surface area contributed by atoms with Gasteiger partial charge in [-0.2, -0.15) is 0 Å². The lowest BCUT2D eigenvalue weighted by Gasteiger charge is -2.24. The van der Waals surface area contributed by atoms with E-state index in [0.29, 0.717) is 40.4 Å². The summed E-state index contributed by atoms with van der Waals surface area (Å²) in [5.74, 6) is 0.653. The van der Waals surface area contributed by atoms with Crippen molar-refractivity contribution in [2.75, 3.05) is 35.0 Å². The summed E-state index contributed by atoms with van der Waals surface area (Å²) in [7, 11) is 5.86. The van der Waals surface area contributed by atoms with Crippen molar-refractivity contribution in [1.82, 2.24) is 5.32 Å². The number of ether oxygens (including phenoxy) is 7. The van der Waals surface area contributed by atoms with Gasteiger partial charge in [0.05, 0.1) is 28.4 Å². The Morgan fingerprint density at radius 3 is 2.09 bits per heavy atom. The molecule has 2 aromatic carbocycles. The second kappa shape index (κ2) is 15.9. The second-order valence-corrected chi connectivity index (χ2v) is 11.0. The number of alkyl carbamates (subject to hydrolysis) is 1. The molecule has 1 atom stereocenters. The SMILES string of the molecule is CC.COc1ccc(C2=CC(=O)COc3c2cc(OC)c(OC)c3OC)cc1OC(=O)C(CC(C)C)NC(=O)OC(C)(C)C. The molecule has 0 bridgehead atoms. The zero-order valence-corrected chi connectivity index (χ0v) is 27.5. The highest BCUT2D eigenvalue weighted by Crippen LogP contribution is 2.50. The Balaban J connectivity index is 0.00000330. The fourth-order valence-corrected chi connectivity index (χ4v) is 4.37. The van der Waals surface area contributed by atoms with Crippen molar-refractivity contribution in [3.63, 3.8) is 0 Å². The zero-order valence-electron chi connectivity index (χ0n) is 27.5. The van der Waals surface area contributed by atoms with Gasteiger partial charge in [-0.15, -0.1) is 0 Å². The van der Waals surface area contributed by atoms with Crippen LogP contribution in [0.1, 0.15) is 66.0 Å². The highest BCUT2D eigenvalue weighted by molar-refractivity contribution is 6.04. The number of fused-ring (bicyclic) bond motifs is 1. The van der Waals surface area contributed by atoms with Crippen LogP contribution in [0, 0.1) is 5.92 Å². The number of rotatable bonds is 10. The largest absolute Gasteiger partial charge is 0.493 e. The molecular formula is C33H45NO10. The average molecular weight is 616 g/mol. The minimum absolute atomic E-state index is 0.0614. The van der Waals surface area contributed by atoms with Gasteiger partial charge in [-0.25, -0.2) is 9.59 Å². The third kappa shape index (κ3) is 9.05. The highest BCUT2D eigenvalue weighted by Gasteiger charge is 2.30. The molecule has 1 amide bonds. The molecule has 0 fully saturated rings. The number of hydrogen-bond donors (Lipinski definition) is 1. The van der Waals surface area contributed by atoms with Gasteiger partial charge in [0.1, 0.15) is 11.6 Å². The Hall–Kier alpha value is -4.41. The van der Waals surface area contributed by atoms with Crippen molar-refractivity contribution in [3.8, 4) is 34.5 Å². The van der Waals surface area contributed by atoms with E-state index >= 15 is 0 Å². The molecule has 0 saturated carbocycles. The van der Waals surface area contributed by atoms with E-state index in [2.05, 4.69) is 5.32 Å². The highest BCUT2D eigenvalue weighted by atomic mass is 16.6. The maximum Gasteiger partial charge on any atom is 0.408 e. The summed E-state index contributed by atoms with van der Waals surface area (Å²) in [4.78, 5) is 38.6. The van der Waals surface area contributed by atoms with E-state index in [9.17, 15) is 14.4 Å². The summed E-state index contributed by atoms with van der Waals surface area (Å²) in [6, 6.07) is 5.61. The Morgan fingerprint density at radius 2 is 1.55 bits per heavy atom. The molecule has 1 aliphatic heterocycles. The lowest BCUT2D eigenvalue weighted by atomic mass is 9.95. The third-order valence-electron chi connectivity index (χ3n) is 6.11. The molecule has 44 heavy (non-hydrogen) atoms. The fourth-order valence-electron chi connectivity index (χ4n) is 4.37. The summed E-state index contributed by atoms with van der Waals surface area (Å²) in [5, 5.41) is 2.61. The standard InChI is InChI=1S/C31H39NO10.C2H6/c1-17(2)12-22(32-30(35)42-31(3,4)5)29(34)41-24-13-18(10-11-23(24)36-6)20-14-19(33)16-40-26-21(20)15-25(37-7)27(38-8)28(26)39-9;1-2/h10-11,13-15,17,22H,12,16H2,1-9H3,(H,32,35);1-2H3. The van der Waals surface area contributed by atoms with Gasteiger partial charge >= 0.3 is 12.1 Å². The number of esters is 1. The van der Waals surface area contributed by atoms with E-state index in [1.807, 2.05) is 27.7 Å². The van der Waals surface area contributed by atoms with Crippen molar-refractivity contribution in [2.45, 2.75) is 66.5 Å². The molecule has 242 valence electrons. The summed E-state index contributed by atoms with van der Waals surface area (Å²) in [5.41, 5.74) is 0.751. The predicted molar refractivity (Wildman–Crippen MR) is 166 cm³/mol. The number of amides is 1. The monoisotopic (exact) mass is 615 g/mol. The topological polar surface area (TPSA) is 128 Å². The van der Waals surface area contributed by atoms with Crippen molar-refractivity contribution >= 4 is 23.4 Å². The van der Waals surface area contributed by atoms with Crippen molar-refractivity contribution in [1.29, 1.82) is 0 Å². The first kappa shape index (κ1) is 35.8. The lowest BCUT2D eigenvalue weighted by molar-refractivity contribution is -0.137. The summed E-state index contributed by atoms with van der Waals surface area (Å²) in [6.45, 7) is 12.8. The molecule has 1 heterocycles. The Labute approximate surface area is 259 Å². The van der Waals surface area contributed by atoms with Gasteiger partial charge in [0, 0.05) is 5.56 Å². The first-order valence-corrected chi connectivity index (χ1v) is 14.4. The number of benzene rings is 2. The van der Waals surface area contributed by atoms with Gasteiger partial charge in [-0.3, -0.25) is 4.79 Å². The van der Waals surface area contributed by atoms with Crippen LogP contribution < -0.4 is 33.7 Å². The third-order valence-corrected chi connectivity index (χ3v) is 6.11. The van der Waals surface area contributed by atoms with Crippen LogP contribution in [0.15, 0.2) is 30.3 Å². The molecule has 1 N–H and O–H groups in total. The van der Waals surface area contributed by atoms with Crippen molar-refractivity contribution in [3.05, 3.63) is 41.5 Å². The van der Waals surface area contributed by atoms with Crippen LogP contribution in [0.5, 0.6) is 34.5 Å². The lowest BCUT2D eigenvalue weighted by Crippen LogP contribution is -2.45. The van der Waals surface area contributed by atoms with E-state index in [1.165, 1.54) is 34.5 Å². The van der Waals surface area contributed by atoms with Crippen LogP contribution in [-0.2, 0) is 14.3 Å². The molecule has 0 aromatic heterocycles. The number of carbonyl (C=O) groups is 3. The van der Waals surface area contributed by atoms with E-state index in [-0.39, 0.29) is 35.6 Å². The first-order valence-electron chi connectivity index (χ1n) is 14.4.